The molecule has 1 aromatic carbocycles. The van der Waals surface area contributed by atoms with E-state index in [1.807, 2.05) is 51.1 Å². The maximum atomic E-state index is 12.8. The van der Waals surface area contributed by atoms with Crippen molar-refractivity contribution in [2.45, 2.75) is 31.2 Å². The lowest BCUT2D eigenvalue weighted by molar-refractivity contribution is -0.117. The second-order valence-electron chi connectivity index (χ2n) is 5.44. The van der Waals surface area contributed by atoms with Crippen molar-refractivity contribution in [2.24, 2.45) is 0 Å². The Morgan fingerprint density at radius 1 is 1.24 bits per heavy atom. The highest BCUT2D eigenvalue weighted by atomic mass is 32.2. The van der Waals surface area contributed by atoms with Gasteiger partial charge in [0, 0.05) is 12.2 Å². The smallest absolute Gasteiger partial charge is 0.277 e. The van der Waals surface area contributed by atoms with Crippen LogP contribution in [0, 0.1) is 6.92 Å². The van der Waals surface area contributed by atoms with Gasteiger partial charge in [0.1, 0.15) is 5.76 Å². The fourth-order valence-corrected chi connectivity index (χ4v) is 3.21. The highest BCUT2D eigenvalue weighted by Crippen LogP contribution is 2.29. The number of carbonyl (C=O) groups is 1. The third-order valence-electron chi connectivity index (χ3n) is 3.77. The van der Waals surface area contributed by atoms with E-state index in [-0.39, 0.29) is 11.2 Å². The highest BCUT2D eigenvalue weighted by Gasteiger charge is 2.24. The van der Waals surface area contributed by atoms with Crippen molar-refractivity contribution >= 4 is 23.4 Å². The van der Waals surface area contributed by atoms with E-state index < -0.39 is 0 Å². The number of aromatic nitrogens is 2. The monoisotopic (exact) mass is 357 g/mol. The fraction of sp³-hybridized carbons (Fsp3) is 0.278. The molecule has 6 nitrogen and oxygen atoms in total. The third kappa shape index (κ3) is 3.76. The van der Waals surface area contributed by atoms with Crippen LogP contribution in [0.15, 0.2) is 56.7 Å². The van der Waals surface area contributed by atoms with Crippen LogP contribution >= 0.6 is 11.8 Å². The molecule has 7 heteroatoms. The molecule has 0 saturated heterocycles. The highest BCUT2D eigenvalue weighted by molar-refractivity contribution is 8.00. The lowest BCUT2D eigenvalue weighted by atomic mass is 10.2. The molecule has 25 heavy (non-hydrogen) atoms. The largest absolute Gasteiger partial charge is 0.469 e. The van der Waals surface area contributed by atoms with E-state index in [1.54, 1.807) is 17.2 Å². The number of nitrogens with zero attached hydrogens (tertiary/aromatic N) is 3. The molecule has 0 bridgehead atoms. The number of amides is 1. The molecule has 0 aliphatic rings. The summed E-state index contributed by atoms with van der Waals surface area (Å²) < 4.78 is 10.9. The number of rotatable bonds is 6. The summed E-state index contributed by atoms with van der Waals surface area (Å²) in [5.41, 5.74) is 1.64. The first-order valence-corrected chi connectivity index (χ1v) is 8.89. The molecule has 2 heterocycles. The number of hydrogen-bond acceptors (Lipinski definition) is 6. The van der Waals surface area contributed by atoms with Crippen LogP contribution in [0.5, 0.6) is 0 Å². The summed E-state index contributed by atoms with van der Waals surface area (Å²) >= 11 is 1.25. The lowest BCUT2D eigenvalue weighted by Crippen LogP contribution is -2.36. The predicted octanol–water partition coefficient (Wildman–Crippen LogP) is 4.17. The molecule has 1 atom stereocenters. The van der Waals surface area contributed by atoms with Crippen LogP contribution in [0.25, 0.3) is 11.5 Å². The first kappa shape index (κ1) is 17.3. The molecule has 1 amide bonds. The van der Waals surface area contributed by atoms with Crippen molar-refractivity contribution in [2.75, 3.05) is 11.4 Å². The summed E-state index contributed by atoms with van der Waals surface area (Å²) in [6, 6.07) is 11.4. The topological polar surface area (TPSA) is 72.4 Å². The standard InChI is InChI=1S/C18H19N3O3S/c1-4-21(14-8-6-5-7-9-14)17(22)13(3)25-18-20-19-16(24-18)15-10-11-23-12(15)2/h5-11,13H,4H2,1-3H3/t13-/m0/s1. The van der Waals surface area contributed by atoms with Crippen molar-refractivity contribution in [1.82, 2.24) is 10.2 Å². The fourth-order valence-electron chi connectivity index (χ4n) is 2.47. The van der Waals surface area contributed by atoms with Crippen LogP contribution in [-0.2, 0) is 4.79 Å². The second-order valence-corrected chi connectivity index (χ2v) is 6.73. The minimum absolute atomic E-state index is 0.00191. The van der Waals surface area contributed by atoms with E-state index in [4.69, 9.17) is 8.83 Å². The number of anilines is 1. The Kier molecular flexibility index (Phi) is 5.23. The third-order valence-corrected chi connectivity index (χ3v) is 4.69. The minimum Gasteiger partial charge on any atom is -0.469 e. The minimum atomic E-state index is -0.348. The molecule has 0 aliphatic heterocycles. The molecule has 0 saturated carbocycles. The first-order chi connectivity index (χ1) is 12.1. The van der Waals surface area contributed by atoms with Crippen LogP contribution in [0.2, 0.25) is 0 Å². The van der Waals surface area contributed by atoms with Crippen molar-refractivity contribution < 1.29 is 13.6 Å². The zero-order valence-electron chi connectivity index (χ0n) is 14.3. The van der Waals surface area contributed by atoms with Crippen molar-refractivity contribution in [1.29, 1.82) is 0 Å². The van der Waals surface area contributed by atoms with Crippen LogP contribution in [0.1, 0.15) is 19.6 Å². The number of para-hydroxylation sites is 1. The molecule has 3 aromatic rings. The predicted molar refractivity (Wildman–Crippen MR) is 96.5 cm³/mol. The van der Waals surface area contributed by atoms with E-state index >= 15 is 0 Å². The van der Waals surface area contributed by atoms with E-state index in [9.17, 15) is 4.79 Å². The summed E-state index contributed by atoms with van der Waals surface area (Å²) in [5.74, 6) is 1.10. The van der Waals surface area contributed by atoms with Gasteiger partial charge in [0.25, 0.3) is 11.1 Å². The Bertz CT molecular complexity index is 844. The normalized spacial score (nSPS) is 12.1. The van der Waals surface area contributed by atoms with Gasteiger partial charge in [0.05, 0.1) is 17.1 Å². The molecular weight excluding hydrogens is 338 g/mol. The van der Waals surface area contributed by atoms with Gasteiger partial charge in [-0.15, -0.1) is 10.2 Å². The Morgan fingerprint density at radius 2 is 2.00 bits per heavy atom. The lowest BCUT2D eigenvalue weighted by Gasteiger charge is -2.23. The van der Waals surface area contributed by atoms with Gasteiger partial charge < -0.3 is 13.7 Å². The molecule has 0 spiro atoms. The Labute approximate surface area is 150 Å². The van der Waals surface area contributed by atoms with E-state index in [0.717, 1.165) is 11.3 Å². The van der Waals surface area contributed by atoms with Gasteiger partial charge in [-0.25, -0.2) is 0 Å². The van der Waals surface area contributed by atoms with Gasteiger partial charge in [-0.05, 0) is 39.0 Å². The maximum absolute atomic E-state index is 12.8. The zero-order chi connectivity index (χ0) is 17.8. The van der Waals surface area contributed by atoms with Crippen molar-refractivity contribution in [3.63, 3.8) is 0 Å². The summed E-state index contributed by atoms with van der Waals surface area (Å²) in [7, 11) is 0. The molecule has 0 radical (unpaired) electrons. The average Bonchev–Trinajstić information content (AvgIpc) is 3.25. The number of furan rings is 1. The van der Waals surface area contributed by atoms with Crippen LogP contribution in [-0.4, -0.2) is 27.9 Å². The van der Waals surface area contributed by atoms with E-state index in [0.29, 0.717) is 23.4 Å². The summed E-state index contributed by atoms with van der Waals surface area (Å²) in [6.07, 6.45) is 1.58. The van der Waals surface area contributed by atoms with Gasteiger partial charge in [-0.1, -0.05) is 30.0 Å². The molecule has 0 N–H and O–H groups in total. The molecular formula is C18H19N3O3S. The van der Waals surface area contributed by atoms with Gasteiger partial charge in [0.15, 0.2) is 0 Å². The van der Waals surface area contributed by atoms with Gasteiger partial charge in [-0.3, -0.25) is 4.79 Å². The molecule has 130 valence electrons. The second kappa shape index (κ2) is 7.57. The zero-order valence-corrected chi connectivity index (χ0v) is 15.1. The number of thioether (sulfide) groups is 1. The first-order valence-electron chi connectivity index (χ1n) is 8.01. The number of benzene rings is 1. The molecule has 2 aromatic heterocycles. The SMILES string of the molecule is CCN(C(=O)[C@H](C)Sc1nnc(-c2ccoc2C)o1)c1ccccc1. The van der Waals surface area contributed by atoms with Gasteiger partial charge in [0.2, 0.25) is 5.91 Å². The van der Waals surface area contributed by atoms with Gasteiger partial charge in [-0.2, -0.15) is 0 Å². The average molecular weight is 357 g/mol. The number of hydrogen-bond donors (Lipinski definition) is 0. The molecule has 3 rings (SSSR count). The molecule has 0 aliphatic carbocycles. The molecule has 0 unspecified atom stereocenters. The van der Waals surface area contributed by atoms with Crippen molar-refractivity contribution in [3.05, 3.63) is 48.4 Å². The summed E-state index contributed by atoms with van der Waals surface area (Å²) in [4.78, 5) is 14.5. The van der Waals surface area contributed by atoms with Crippen LogP contribution in [0.3, 0.4) is 0 Å². The number of carbonyl (C=O) groups excluding carboxylic acids is 1. The van der Waals surface area contributed by atoms with Crippen LogP contribution < -0.4 is 4.90 Å². The Hall–Kier alpha value is -2.54. The maximum Gasteiger partial charge on any atom is 0.277 e. The summed E-state index contributed by atoms with van der Waals surface area (Å²) in [5, 5.41) is 8.07. The van der Waals surface area contributed by atoms with Gasteiger partial charge >= 0.3 is 0 Å². The van der Waals surface area contributed by atoms with E-state index in [2.05, 4.69) is 10.2 Å². The van der Waals surface area contributed by atoms with Crippen LogP contribution in [0.4, 0.5) is 5.69 Å². The Morgan fingerprint density at radius 3 is 2.64 bits per heavy atom. The molecule has 0 fully saturated rings. The Balaban J connectivity index is 1.71. The quantitative estimate of drug-likeness (QED) is 0.617. The summed E-state index contributed by atoms with van der Waals surface area (Å²) in [6.45, 7) is 6.22. The van der Waals surface area contributed by atoms with E-state index in [1.165, 1.54) is 11.8 Å². The number of aryl methyl sites for hydroxylation is 1. The van der Waals surface area contributed by atoms with Crippen molar-refractivity contribution in [3.8, 4) is 11.5 Å².